The summed E-state index contributed by atoms with van der Waals surface area (Å²) in [5.41, 5.74) is 9.79. The Hall–Kier alpha value is -7.16. The number of benzene rings is 10. The van der Waals surface area contributed by atoms with E-state index < -0.39 is 0 Å². The smallest absolute Gasteiger partial charge is 0.143 e. The molecule has 0 bridgehead atoms. The molecule has 0 aliphatic heterocycles. The molecule has 0 fully saturated rings. The Balaban J connectivity index is 1.10. The van der Waals surface area contributed by atoms with Gasteiger partial charge in [0.1, 0.15) is 11.2 Å². The van der Waals surface area contributed by atoms with Crippen molar-refractivity contribution >= 4 is 82.1 Å². The fourth-order valence-electron chi connectivity index (χ4n) is 8.48. The summed E-state index contributed by atoms with van der Waals surface area (Å²) in [5.74, 6) is 0. The van der Waals surface area contributed by atoms with Gasteiger partial charge in [-0.05, 0) is 91.5 Å². The van der Waals surface area contributed by atoms with E-state index in [0.717, 1.165) is 55.5 Å². The number of hydrogen-bond donors (Lipinski definition) is 0. The van der Waals surface area contributed by atoms with Crippen molar-refractivity contribution in [3.05, 3.63) is 200 Å². The highest BCUT2D eigenvalue weighted by atomic mass is 16.3. The lowest BCUT2D eigenvalue weighted by atomic mass is 9.95. The SMILES string of the molecule is c1ccc(N(c2ccc(-c3ccc4c(ccc5ccccc54)c3)cc2)c2cccc3ccccc23)c(-c2cccc3oc4c5ccccc5ccc4c23)c1. The van der Waals surface area contributed by atoms with Gasteiger partial charge >= 0.3 is 0 Å². The van der Waals surface area contributed by atoms with Crippen molar-refractivity contribution in [1.29, 1.82) is 0 Å². The Labute approximate surface area is 312 Å². The van der Waals surface area contributed by atoms with Crippen molar-refractivity contribution in [2.24, 2.45) is 0 Å². The van der Waals surface area contributed by atoms with E-state index in [2.05, 4.69) is 205 Å². The summed E-state index contributed by atoms with van der Waals surface area (Å²) >= 11 is 0. The van der Waals surface area contributed by atoms with Crippen molar-refractivity contribution in [3.63, 3.8) is 0 Å². The van der Waals surface area contributed by atoms with Gasteiger partial charge in [-0.2, -0.15) is 0 Å². The molecule has 0 aliphatic rings. The summed E-state index contributed by atoms with van der Waals surface area (Å²) in [7, 11) is 0. The van der Waals surface area contributed by atoms with Gasteiger partial charge < -0.3 is 9.32 Å². The number of nitrogens with zero attached hydrogens (tertiary/aromatic N) is 1. The lowest BCUT2D eigenvalue weighted by molar-refractivity contribution is 0.673. The fraction of sp³-hybridized carbons (Fsp3) is 0. The van der Waals surface area contributed by atoms with Gasteiger partial charge in [-0.25, -0.2) is 0 Å². The molecule has 1 heterocycles. The van der Waals surface area contributed by atoms with Crippen LogP contribution in [-0.4, -0.2) is 0 Å². The molecule has 0 atom stereocenters. The first-order chi connectivity index (χ1) is 26.8. The number of para-hydroxylation sites is 1. The average Bonchev–Trinajstić information content (AvgIpc) is 3.64. The molecule has 0 unspecified atom stereocenters. The zero-order valence-corrected chi connectivity index (χ0v) is 29.4. The number of anilines is 3. The molecular formula is C52H33NO. The molecule has 54 heavy (non-hydrogen) atoms. The minimum absolute atomic E-state index is 0.887. The second-order valence-electron chi connectivity index (χ2n) is 14.1. The van der Waals surface area contributed by atoms with Crippen LogP contribution in [0.2, 0.25) is 0 Å². The highest BCUT2D eigenvalue weighted by Crippen LogP contribution is 2.47. The van der Waals surface area contributed by atoms with E-state index in [4.69, 9.17) is 4.42 Å². The van der Waals surface area contributed by atoms with Gasteiger partial charge in [0.25, 0.3) is 0 Å². The van der Waals surface area contributed by atoms with E-state index in [1.54, 1.807) is 0 Å². The Morgan fingerprint density at radius 1 is 0.333 bits per heavy atom. The second kappa shape index (κ2) is 12.2. The van der Waals surface area contributed by atoms with Crippen molar-refractivity contribution in [2.75, 3.05) is 4.90 Å². The van der Waals surface area contributed by atoms with Crippen LogP contribution in [0.15, 0.2) is 205 Å². The molecule has 0 N–H and O–H groups in total. The second-order valence-corrected chi connectivity index (χ2v) is 14.1. The monoisotopic (exact) mass is 687 g/mol. The summed E-state index contributed by atoms with van der Waals surface area (Å²) < 4.78 is 6.64. The number of furan rings is 1. The van der Waals surface area contributed by atoms with E-state index >= 15 is 0 Å². The molecule has 0 amide bonds. The van der Waals surface area contributed by atoms with Gasteiger partial charge in [0, 0.05) is 32.8 Å². The molecule has 2 nitrogen and oxygen atoms in total. The van der Waals surface area contributed by atoms with Crippen LogP contribution in [0.3, 0.4) is 0 Å². The van der Waals surface area contributed by atoms with Crippen molar-refractivity contribution in [2.45, 2.75) is 0 Å². The standard InChI is InChI=1S/C52H33NO/c1-4-15-41-36(12-1)23-24-39-33-38(28-31-42(39)41)34-25-29-40(30-26-34)53(48-21-9-14-35-11-2-5-16-43(35)48)49-20-8-7-18-45(49)46-19-10-22-50-51(46)47-32-27-37-13-3-6-17-44(37)52(47)54-50/h1-33H. The first kappa shape index (κ1) is 30.5. The first-order valence-electron chi connectivity index (χ1n) is 18.5. The average molecular weight is 688 g/mol. The van der Waals surface area contributed by atoms with Gasteiger partial charge in [-0.15, -0.1) is 0 Å². The van der Waals surface area contributed by atoms with E-state index in [-0.39, 0.29) is 0 Å². The molecule has 252 valence electrons. The quantitative estimate of drug-likeness (QED) is 0.168. The van der Waals surface area contributed by atoms with Crippen LogP contribution in [0.5, 0.6) is 0 Å². The predicted octanol–water partition coefficient (Wildman–Crippen LogP) is 15.0. The van der Waals surface area contributed by atoms with Gasteiger partial charge in [0.2, 0.25) is 0 Å². The normalized spacial score (nSPS) is 11.7. The van der Waals surface area contributed by atoms with Crippen molar-refractivity contribution in [1.82, 2.24) is 0 Å². The summed E-state index contributed by atoms with van der Waals surface area (Å²) in [4.78, 5) is 2.42. The van der Waals surface area contributed by atoms with Gasteiger partial charge in [0.15, 0.2) is 0 Å². The van der Waals surface area contributed by atoms with Crippen LogP contribution in [0, 0.1) is 0 Å². The molecular weight excluding hydrogens is 655 g/mol. The topological polar surface area (TPSA) is 16.4 Å². The predicted molar refractivity (Wildman–Crippen MR) is 229 cm³/mol. The van der Waals surface area contributed by atoms with Crippen molar-refractivity contribution < 1.29 is 4.42 Å². The molecule has 2 heteroatoms. The largest absolute Gasteiger partial charge is 0.455 e. The Morgan fingerprint density at radius 2 is 0.889 bits per heavy atom. The van der Waals surface area contributed by atoms with E-state index in [9.17, 15) is 0 Å². The molecule has 0 spiro atoms. The number of rotatable bonds is 5. The Bertz CT molecular complexity index is 3220. The van der Waals surface area contributed by atoms with Crippen LogP contribution in [-0.2, 0) is 0 Å². The molecule has 0 saturated heterocycles. The van der Waals surface area contributed by atoms with Crippen LogP contribution < -0.4 is 4.90 Å². The van der Waals surface area contributed by atoms with Crippen LogP contribution in [0.4, 0.5) is 17.1 Å². The molecule has 1 aromatic heterocycles. The summed E-state index contributed by atoms with van der Waals surface area (Å²) in [6, 6.07) is 72.3. The van der Waals surface area contributed by atoms with Gasteiger partial charge in [-0.1, -0.05) is 158 Å². The summed E-state index contributed by atoms with van der Waals surface area (Å²) in [6.07, 6.45) is 0. The maximum Gasteiger partial charge on any atom is 0.143 e. The van der Waals surface area contributed by atoms with E-state index in [0.29, 0.717) is 0 Å². The highest BCUT2D eigenvalue weighted by molar-refractivity contribution is 6.20. The maximum absolute atomic E-state index is 6.64. The number of fused-ring (bicyclic) bond motifs is 9. The first-order valence-corrected chi connectivity index (χ1v) is 18.5. The van der Waals surface area contributed by atoms with Gasteiger partial charge in [-0.3, -0.25) is 0 Å². The van der Waals surface area contributed by atoms with Gasteiger partial charge in [0.05, 0.1) is 11.4 Å². The minimum Gasteiger partial charge on any atom is -0.455 e. The Kier molecular flexibility index (Phi) is 6.90. The molecule has 10 aromatic carbocycles. The van der Waals surface area contributed by atoms with Crippen LogP contribution >= 0.6 is 0 Å². The van der Waals surface area contributed by atoms with E-state index in [1.807, 2.05) is 0 Å². The minimum atomic E-state index is 0.887. The number of hydrogen-bond acceptors (Lipinski definition) is 2. The zero-order valence-electron chi connectivity index (χ0n) is 29.4. The van der Waals surface area contributed by atoms with Crippen LogP contribution in [0.1, 0.15) is 0 Å². The molecule has 0 aliphatic carbocycles. The lowest BCUT2D eigenvalue weighted by Gasteiger charge is -2.29. The molecule has 11 aromatic rings. The zero-order chi connectivity index (χ0) is 35.6. The van der Waals surface area contributed by atoms with E-state index in [1.165, 1.54) is 48.8 Å². The summed E-state index contributed by atoms with van der Waals surface area (Å²) in [6.45, 7) is 0. The highest BCUT2D eigenvalue weighted by Gasteiger charge is 2.22. The fourth-order valence-corrected chi connectivity index (χ4v) is 8.48. The maximum atomic E-state index is 6.64. The molecule has 11 rings (SSSR count). The third-order valence-electron chi connectivity index (χ3n) is 11.0. The molecule has 0 radical (unpaired) electrons. The third kappa shape index (κ3) is 4.81. The third-order valence-corrected chi connectivity index (χ3v) is 11.0. The Morgan fingerprint density at radius 3 is 1.74 bits per heavy atom. The van der Waals surface area contributed by atoms with Crippen molar-refractivity contribution in [3.8, 4) is 22.3 Å². The lowest BCUT2D eigenvalue weighted by Crippen LogP contribution is -2.11. The molecule has 0 saturated carbocycles. The van der Waals surface area contributed by atoms with Crippen LogP contribution in [0.25, 0.3) is 87.3 Å². The summed E-state index contributed by atoms with van der Waals surface area (Å²) in [5, 5.41) is 12.0.